The van der Waals surface area contributed by atoms with E-state index in [9.17, 15) is 16.8 Å². The summed E-state index contributed by atoms with van der Waals surface area (Å²) in [5.74, 6) is 0. The molecule has 0 fully saturated rings. The highest BCUT2D eigenvalue weighted by molar-refractivity contribution is 7.92. The van der Waals surface area contributed by atoms with E-state index in [2.05, 4.69) is 6.58 Å². The van der Waals surface area contributed by atoms with Crippen molar-refractivity contribution in [2.75, 3.05) is 0 Å². The molecule has 0 aliphatic heterocycles. The van der Waals surface area contributed by atoms with Gasteiger partial charge >= 0.3 is 0 Å². The number of hydrogen-bond acceptors (Lipinski definition) is 4. The fourth-order valence-electron chi connectivity index (χ4n) is 2.79. The molecule has 0 aliphatic rings. The molecule has 0 unspecified atom stereocenters. The van der Waals surface area contributed by atoms with Gasteiger partial charge in [0, 0.05) is 5.39 Å². The van der Waals surface area contributed by atoms with Gasteiger partial charge < -0.3 is 0 Å². The summed E-state index contributed by atoms with van der Waals surface area (Å²) < 4.78 is 48.3. The highest BCUT2D eigenvalue weighted by Gasteiger charge is 2.27. The maximum atomic E-state index is 12.1. The fourth-order valence-corrected chi connectivity index (χ4v) is 5.18. The van der Waals surface area contributed by atoms with Gasteiger partial charge in [-0.3, -0.25) is 0 Å². The third kappa shape index (κ3) is 2.69. The van der Waals surface area contributed by atoms with Crippen LogP contribution in [0.25, 0.3) is 27.6 Å². The van der Waals surface area contributed by atoms with Gasteiger partial charge in [0.15, 0.2) is 0 Å². The first-order valence-corrected chi connectivity index (χ1v) is 9.90. The quantitative estimate of drug-likeness (QED) is 0.692. The Morgan fingerprint density at radius 2 is 1.33 bits per heavy atom. The predicted octanol–water partition coefficient (Wildman–Crippen LogP) is 1.93. The van der Waals surface area contributed by atoms with Crippen molar-refractivity contribution in [3.05, 3.63) is 54.6 Å². The lowest BCUT2D eigenvalue weighted by atomic mass is 10.0. The number of rotatable bonds is 3. The molecule has 6 nitrogen and oxygen atoms in total. The second kappa shape index (κ2) is 5.38. The molecule has 124 valence electrons. The summed E-state index contributed by atoms with van der Waals surface area (Å²) in [5, 5.41) is 12.9. The van der Waals surface area contributed by atoms with Gasteiger partial charge in [-0.25, -0.2) is 27.1 Å². The second-order valence-corrected chi connectivity index (χ2v) is 8.34. The Balaban J connectivity index is 2.69. The van der Waals surface area contributed by atoms with E-state index in [1.807, 2.05) is 12.1 Å². The van der Waals surface area contributed by atoms with E-state index in [0.29, 0.717) is 5.39 Å². The lowest BCUT2D eigenvalue weighted by molar-refractivity contribution is 0.585. The van der Waals surface area contributed by atoms with Crippen LogP contribution in [0.4, 0.5) is 0 Å². The fraction of sp³-hybridized carbons (Fsp3) is 0. The molecule has 0 bridgehead atoms. The Kier molecular flexibility index (Phi) is 3.72. The average Bonchev–Trinajstić information content (AvgIpc) is 2.49. The predicted molar refractivity (Wildman–Crippen MR) is 94.3 cm³/mol. The molecule has 0 radical (unpaired) electrons. The SMILES string of the molecule is C=Cc1cc2cc3ccccc3cc2c(S(N)(=O)=O)c1S(N)(=O)=O. The van der Waals surface area contributed by atoms with Crippen LogP contribution >= 0.6 is 0 Å². The third-order valence-corrected chi connectivity index (χ3v) is 5.86. The van der Waals surface area contributed by atoms with Crippen LogP contribution in [-0.2, 0) is 20.0 Å². The Morgan fingerprint density at radius 1 is 0.792 bits per heavy atom. The minimum atomic E-state index is -4.35. The molecule has 0 saturated carbocycles. The number of benzene rings is 3. The van der Waals surface area contributed by atoms with E-state index < -0.39 is 29.8 Å². The van der Waals surface area contributed by atoms with Crippen LogP contribution in [0.15, 0.2) is 58.8 Å². The van der Waals surface area contributed by atoms with Gasteiger partial charge in [-0.1, -0.05) is 36.9 Å². The van der Waals surface area contributed by atoms with E-state index in [1.165, 1.54) is 12.1 Å². The molecular formula is C16H14N2O4S2. The second-order valence-electron chi connectivity index (χ2n) is 5.34. The first kappa shape index (κ1) is 16.6. The summed E-state index contributed by atoms with van der Waals surface area (Å²) >= 11 is 0. The highest BCUT2D eigenvalue weighted by atomic mass is 32.2. The van der Waals surface area contributed by atoms with E-state index >= 15 is 0 Å². The number of sulfonamides is 2. The Hall–Kier alpha value is -2.26. The first-order chi connectivity index (χ1) is 11.1. The molecule has 4 N–H and O–H groups in total. The van der Waals surface area contributed by atoms with Crippen molar-refractivity contribution < 1.29 is 16.8 Å². The molecule has 3 aromatic rings. The number of fused-ring (bicyclic) bond motifs is 2. The molecule has 0 saturated heterocycles. The monoisotopic (exact) mass is 362 g/mol. The Bertz CT molecular complexity index is 1210. The summed E-state index contributed by atoms with van der Waals surface area (Å²) in [5.41, 5.74) is 0.0873. The molecule has 0 aliphatic carbocycles. The van der Waals surface area contributed by atoms with Gasteiger partial charge in [-0.2, -0.15) is 0 Å². The molecule has 0 aromatic heterocycles. The molecular weight excluding hydrogens is 348 g/mol. The first-order valence-electron chi connectivity index (χ1n) is 6.80. The van der Waals surface area contributed by atoms with Crippen molar-refractivity contribution in [1.82, 2.24) is 0 Å². The van der Waals surface area contributed by atoms with Crippen LogP contribution in [0, 0.1) is 0 Å². The van der Waals surface area contributed by atoms with Crippen LogP contribution in [-0.4, -0.2) is 16.8 Å². The van der Waals surface area contributed by atoms with Gasteiger partial charge in [0.25, 0.3) is 0 Å². The maximum Gasteiger partial charge on any atom is 0.240 e. The van der Waals surface area contributed by atoms with Crippen LogP contribution in [0.5, 0.6) is 0 Å². The maximum absolute atomic E-state index is 12.1. The average molecular weight is 362 g/mol. The van der Waals surface area contributed by atoms with Gasteiger partial charge in [0.05, 0.1) is 0 Å². The molecule has 0 atom stereocenters. The van der Waals surface area contributed by atoms with Gasteiger partial charge in [-0.05, 0) is 39.9 Å². The Labute approximate surface area is 139 Å². The molecule has 3 rings (SSSR count). The van der Waals surface area contributed by atoms with Gasteiger partial charge in [-0.15, -0.1) is 0 Å². The van der Waals surface area contributed by atoms with E-state index in [1.54, 1.807) is 24.3 Å². The van der Waals surface area contributed by atoms with Crippen LogP contribution in [0.1, 0.15) is 5.56 Å². The van der Waals surface area contributed by atoms with Crippen molar-refractivity contribution in [3.63, 3.8) is 0 Å². The zero-order valence-electron chi connectivity index (χ0n) is 12.4. The van der Waals surface area contributed by atoms with Crippen LogP contribution < -0.4 is 10.3 Å². The molecule has 0 heterocycles. The lowest BCUT2D eigenvalue weighted by Gasteiger charge is -2.14. The molecule has 0 amide bonds. The minimum absolute atomic E-state index is 0.0873. The number of primary sulfonamides is 2. The molecule has 24 heavy (non-hydrogen) atoms. The summed E-state index contributed by atoms with van der Waals surface area (Å²) in [4.78, 5) is -1.05. The number of nitrogens with two attached hydrogens (primary N) is 2. The normalized spacial score (nSPS) is 12.6. The summed E-state index contributed by atoms with van der Waals surface area (Å²) in [7, 11) is -8.69. The smallest absolute Gasteiger partial charge is 0.225 e. The van der Waals surface area contributed by atoms with Crippen molar-refractivity contribution >= 4 is 47.7 Å². The molecule has 3 aromatic carbocycles. The van der Waals surface area contributed by atoms with Crippen molar-refractivity contribution in [2.24, 2.45) is 10.3 Å². The Morgan fingerprint density at radius 3 is 1.83 bits per heavy atom. The summed E-state index contributed by atoms with van der Waals surface area (Å²) in [6.07, 6.45) is 1.24. The minimum Gasteiger partial charge on any atom is -0.225 e. The van der Waals surface area contributed by atoms with Crippen molar-refractivity contribution in [1.29, 1.82) is 0 Å². The summed E-state index contributed by atoms with van der Waals surface area (Å²) in [6.45, 7) is 3.54. The van der Waals surface area contributed by atoms with E-state index in [4.69, 9.17) is 10.3 Å². The topological polar surface area (TPSA) is 120 Å². The van der Waals surface area contributed by atoms with Gasteiger partial charge in [0.1, 0.15) is 9.79 Å². The molecule has 8 heteroatoms. The highest BCUT2D eigenvalue weighted by Crippen LogP contribution is 2.34. The zero-order chi connectivity index (χ0) is 17.7. The van der Waals surface area contributed by atoms with Crippen LogP contribution in [0.3, 0.4) is 0 Å². The summed E-state index contributed by atoms with van der Waals surface area (Å²) in [6, 6.07) is 12.2. The lowest BCUT2D eigenvalue weighted by Crippen LogP contribution is -2.22. The van der Waals surface area contributed by atoms with Gasteiger partial charge in [0.2, 0.25) is 20.0 Å². The standard InChI is InChI=1S/C16H14N2O4S2/c1-2-10-7-13-8-11-5-3-4-6-12(11)9-14(13)16(24(18,21)22)15(10)23(17,19)20/h2-9H,1H2,(H2,17,19,20)(H2,18,21,22). The van der Waals surface area contributed by atoms with Crippen molar-refractivity contribution in [3.8, 4) is 0 Å². The largest absolute Gasteiger partial charge is 0.240 e. The van der Waals surface area contributed by atoms with Crippen molar-refractivity contribution in [2.45, 2.75) is 9.79 Å². The third-order valence-electron chi connectivity index (χ3n) is 3.73. The molecule has 0 spiro atoms. The number of hydrogen-bond donors (Lipinski definition) is 2. The van der Waals surface area contributed by atoms with E-state index in [-0.39, 0.29) is 10.9 Å². The van der Waals surface area contributed by atoms with E-state index in [0.717, 1.165) is 10.8 Å². The van der Waals surface area contributed by atoms with Crippen LogP contribution in [0.2, 0.25) is 0 Å². The zero-order valence-corrected chi connectivity index (χ0v) is 14.1.